The largest absolute Gasteiger partial charge is 0.478 e. The van der Waals surface area contributed by atoms with Crippen molar-refractivity contribution in [1.82, 2.24) is 10.2 Å². The van der Waals surface area contributed by atoms with Crippen LogP contribution in [0.1, 0.15) is 20.9 Å². The zero-order valence-electron chi connectivity index (χ0n) is 8.76. The van der Waals surface area contributed by atoms with Gasteiger partial charge in [-0.2, -0.15) is 5.10 Å². The van der Waals surface area contributed by atoms with Crippen molar-refractivity contribution in [2.75, 3.05) is 7.11 Å². The highest BCUT2D eigenvalue weighted by molar-refractivity contribution is 5.94. The number of nitrogens with zero attached hydrogens (tertiary/aromatic N) is 1. The third-order valence-electron chi connectivity index (χ3n) is 2.11. The summed E-state index contributed by atoms with van der Waals surface area (Å²) in [6.07, 6.45) is 1.16. The van der Waals surface area contributed by atoms with Crippen molar-refractivity contribution in [3.05, 3.63) is 29.7 Å². The Labute approximate surface area is 95.0 Å². The lowest BCUT2D eigenvalue weighted by molar-refractivity contribution is 0.0566. The Morgan fingerprint density at radius 1 is 1.47 bits per heavy atom. The van der Waals surface area contributed by atoms with Gasteiger partial charge in [0.2, 0.25) is 5.76 Å². The molecule has 0 atom stereocenters. The van der Waals surface area contributed by atoms with E-state index in [-0.39, 0.29) is 22.8 Å². The first-order valence-corrected chi connectivity index (χ1v) is 4.58. The van der Waals surface area contributed by atoms with E-state index in [2.05, 4.69) is 14.9 Å². The van der Waals surface area contributed by atoms with Gasteiger partial charge in [-0.05, 0) is 12.1 Å². The summed E-state index contributed by atoms with van der Waals surface area (Å²) in [7, 11) is 1.23. The molecule has 0 fully saturated rings. The van der Waals surface area contributed by atoms with Gasteiger partial charge in [0.15, 0.2) is 5.76 Å². The number of carbonyl (C=O) groups excluding carboxylic acids is 1. The SMILES string of the molecule is COC(=O)c1ccc(-c2[nH]ncc2C(=O)O)o1. The number of hydrogen-bond donors (Lipinski definition) is 2. The summed E-state index contributed by atoms with van der Waals surface area (Å²) in [4.78, 5) is 22.0. The predicted octanol–water partition coefficient (Wildman–Crippen LogP) is 1.15. The summed E-state index contributed by atoms with van der Waals surface area (Å²) in [6.45, 7) is 0. The smallest absolute Gasteiger partial charge is 0.373 e. The summed E-state index contributed by atoms with van der Waals surface area (Å²) in [5.41, 5.74) is 0.170. The molecule has 0 unspecified atom stereocenters. The number of nitrogens with one attached hydrogen (secondary N) is 1. The van der Waals surface area contributed by atoms with Crippen LogP contribution in [0.4, 0.5) is 0 Å². The topological polar surface area (TPSA) is 105 Å². The second kappa shape index (κ2) is 4.12. The van der Waals surface area contributed by atoms with Gasteiger partial charge in [0.1, 0.15) is 11.3 Å². The van der Waals surface area contributed by atoms with Crippen molar-refractivity contribution < 1.29 is 23.8 Å². The molecular formula is C10H8N2O5. The second-order valence-corrected chi connectivity index (χ2v) is 3.12. The van der Waals surface area contributed by atoms with Crippen LogP contribution in [-0.2, 0) is 4.74 Å². The van der Waals surface area contributed by atoms with Crippen LogP contribution in [0.25, 0.3) is 11.5 Å². The molecule has 2 aromatic heterocycles. The fourth-order valence-corrected chi connectivity index (χ4v) is 1.32. The highest BCUT2D eigenvalue weighted by Gasteiger charge is 2.19. The number of carboxylic acid groups (broad SMARTS) is 1. The summed E-state index contributed by atoms with van der Waals surface area (Å²) in [6, 6.07) is 2.86. The molecule has 7 heteroatoms. The van der Waals surface area contributed by atoms with Gasteiger partial charge in [0, 0.05) is 0 Å². The zero-order chi connectivity index (χ0) is 12.4. The van der Waals surface area contributed by atoms with Gasteiger partial charge in [0.25, 0.3) is 0 Å². The minimum atomic E-state index is -1.13. The molecule has 0 aliphatic carbocycles. The van der Waals surface area contributed by atoms with Crippen LogP contribution in [-0.4, -0.2) is 34.4 Å². The lowest BCUT2D eigenvalue weighted by Crippen LogP contribution is -1.98. The number of H-pyrrole nitrogens is 1. The number of hydrogen-bond acceptors (Lipinski definition) is 5. The highest BCUT2D eigenvalue weighted by Crippen LogP contribution is 2.23. The molecule has 0 saturated carbocycles. The monoisotopic (exact) mass is 236 g/mol. The van der Waals surface area contributed by atoms with Crippen LogP contribution in [0.3, 0.4) is 0 Å². The van der Waals surface area contributed by atoms with Gasteiger partial charge in [-0.1, -0.05) is 0 Å². The van der Waals surface area contributed by atoms with E-state index in [0.717, 1.165) is 6.20 Å². The molecule has 17 heavy (non-hydrogen) atoms. The zero-order valence-corrected chi connectivity index (χ0v) is 8.76. The van der Waals surface area contributed by atoms with Crippen molar-refractivity contribution in [3.8, 4) is 11.5 Å². The lowest BCUT2D eigenvalue weighted by Gasteiger charge is -1.95. The van der Waals surface area contributed by atoms with E-state index >= 15 is 0 Å². The van der Waals surface area contributed by atoms with E-state index in [1.54, 1.807) is 0 Å². The fourth-order valence-electron chi connectivity index (χ4n) is 1.32. The fraction of sp³-hybridized carbons (Fsp3) is 0.100. The van der Waals surface area contributed by atoms with Crippen LogP contribution >= 0.6 is 0 Å². The molecule has 7 nitrogen and oxygen atoms in total. The van der Waals surface area contributed by atoms with E-state index in [9.17, 15) is 9.59 Å². The van der Waals surface area contributed by atoms with Crippen LogP contribution in [0.15, 0.2) is 22.7 Å². The third-order valence-corrected chi connectivity index (χ3v) is 2.11. The van der Waals surface area contributed by atoms with E-state index in [1.807, 2.05) is 0 Å². The Bertz CT molecular complexity index is 569. The van der Waals surface area contributed by atoms with Gasteiger partial charge in [-0.25, -0.2) is 9.59 Å². The number of carbonyl (C=O) groups is 2. The Morgan fingerprint density at radius 3 is 2.88 bits per heavy atom. The van der Waals surface area contributed by atoms with Crippen molar-refractivity contribution >= 4 is 11.9 Å². The predicted molar refractivity (Wildman–Crippen MR) is 54.6 cm³/mol. The van der Waals surface area contributed by atoms with Crippen molar-refractivity contribution in [2.45, 2.75) is 0 Å². The Hall–Kier alpha value is -2.57. The average Bonchev–Trinajstić information content (AvgIpc) is 2.95. The highest BCUT2D eigenvalue weighted by atomic mass is 16.5. The van der Waals surface area contributed by atoms with Gasteiger partial charge in [0.05, 0.1) is 13.3 Å². The quantitative estimate of drug-likeness (QED) is 0.774. The van der Waals surface area contributed by atoms with E-state index < -0.39 is 11.9 Å². The maximum absolute atomic E-state index is 11.2. The first-order chi connectivity index (χ1) is 8.13. The molecule has 0 bridgehead atoms. The normalized spacial score (nSPS) is 10.2. The Morgan fingerprint density at radius 2 is 2.24 bits per heavy atom. The van der Waals surface area contributed by atoms with Crippen LogP contribution in [0.2, 0.25) is 0 Å². The molecule has 0 aliphatic rings. The number of aromatic carboxylic acids is 1. The average molecular weight is 236 g/mol. The molecule has 0 aliphatic heterocycles. The van der Waals surface area contributed by atoms with Crippen LogP contribution in [0.5, 0.6) is 0 Å². The van der Waals surface area contributed by atoms with Crippen molar-refractivity contribution in [2.24, 2.45) is 0 Å². The summed E-state index contributed by atoms with van der Waals surface area (Å²) >= 11 is 0. The summed E-state index contributed by atoms with van der Waals surface area (Å²) in [5.74, 6) is -1.56. The number of furan rings is 1. The molecule has 0 saturated heterocycles. The maximum Gasteiger partial charge on any atom is 0.373 e. The summed E-state index contributed by atoms with van der Waals surface area (Å²) in [5, 5.41) is 15.0. The molecule has 2 aromatic rings. The lowest BCUT2D eigenvalue weighted by atomic mass is 10.2. The van der Waals surface area contributed by atoms with Crippen LogP contribution in [0, 0.1) is 0 Å². The minimum absolute atomic E-state index is 0.00608. The molecule has 88 valence electrons. The first-order valence-electron chi connectivity index (χ1n) is 4.58. The Kier molecular flexibility index (Phi) is 2.65. The van der Waals surface area contributed by atoms with E-state index in [4.69, 9.17) is 9.52 Å². The summed E-state index contributed by atoms with van der Waals surface area (Å²) < 4.78 is 9.63. The number of aromatic amines is 1. The molecular weight excluding hydrogens is 228 g/mol. The van der Waals surface area contributed by atoms with Gasteiger partial charge >= 0.3 is 11.9 Å². The third kappa shape index (κ3) is 1.89. The van der Waals surface area contributed by atoms with E-state index in [1.165, 1.54) is 19.2 Å². The number of rotatable bonds is 3. The minimum Gasteiger partial charge on any atom is -0.478 e. The molecule has 0 radical (unpaired) electrons. The van der Waals surface area contributed by atoms with Crippen molar-refractivity contribution in [1.29, 1.82) is 0 Å². The first kappa shape index (κ1) is 10.9. The van der Waals surface area contributed by atoms with Crippen molar-refractivity contribution in [3.63, 3.8) is 0 Å². The number of ether oxygens (including phenoxy) is 1. The number of aromatic nitrogens is 2. The molecule has 0 amide bonds. The number of carboxylic acids is 1. The Balaban J connectivity index is 2.40. The standard InChI is InChI=1S/C10H8N2O5/c1-16-10(15)7-3-2-6(17-7)8-5(9(13)14)4-11-12-8/h2-4H,1H3,(H,11,12)(H,13,14). The van der Waals surface area contributed by atoms with Gasteiger partial charge in [-0.15, -0.1) is 0 Å². The molecule has 0 spiro atoms. The number of esters is 1. The molecule has 0 aromatic carbocycles. The second-order valence-electron chi connectivity index (χ2n) is 3.12. The van der Waals surface area contributed by atoms with Gasteiger partial charge < -0.3 is 14.3 Å². The van der Waals surface area contributed by atoms with Gasteiger partial charge in [-0.3, -0.25) is 5.10 Å². The molecule has 2 N–H and O–H groups in total. The maximum atomic E-state index is 11.2. The molecule has 2 heterocycles. The molecule has 2 rings (SSSR count). The van der Waals surface area contributed by atoms with E-state index in [0.29, 0.717) is 0 Å². The van der Waals surface area contributed by atoms with Crippen LogP contribution < -0.4 is 0 Å². The number of methoxy groups -OCH3 is 1.